The molecule has 0 saturated carbocycles. The van der Waals surface area contributed by atoms with Crippen LogP contribution >= 0.6 is 0 Å². The van der Waals surface area contributed by atoms with Crippen LogP contribution in [0.25, 0.3) is 0 Å². The Morgan fingerprint density at radius 3 is 2.79 bits per heavy atom. The van der Waals surface area contributed by atoms with Crippen molar-refractivity contribution in [2.24, 2.45) is 0 Å². The monoisotopic (exact) mass is 330 g/mol. The van der Waals surface area contributed by atoms with Gasteiger partial charge in [0.15, 0.2) is 0 Å². The van der Waals surface area contributed by atoms with Crippen LogP contribution in [0.15, 0.2) is 42.7 Å². The highest BCUT2D eigenvalue weighted by Gasteiger charge is 2.25. The van der Waals surface area contributed by atoms with Gasteiger partial charge in [-0.25, -0.2) is 14.4 Å². The highest BCUT2D eigenvalue weighted by Crippen LogP contribution is 2.22. The smallest absolute Gasteiger partial charge is 0.224 e. The van der Waals surface area contributed by atoms with Gasteiger partial charge in [-0.3, -0.25) is 4.79 Å². The number of amides is 1. The van der Waals surface area contributed by atoms with Gasteiger partial charge >= 0.3 is 0 Å². The van der Waals surface area contributed by atoms with Crippen molar-refractivity contribution in [3.63, 3.8) is 0 Å². The quantitative estimate of drug-likeness (QED) is 0.908. The van der Waals surface area contributed by atoms with Crippen molar-refractivity contribution in [2.75, 3.05) is 31.6 Å². The summed E-state index contributed by atoms with van der Waals surface area (Å²) < 4.78 is 18.7. The van der Waals surface area contributed by atoms with Gasteiger partial charge < -0.3 is 15.0 Å². The average Bonchev–Trinajstić information content (AvgIpc) is 2.63. The second-order valence-electron chi connectivity index (χ2n) is 5.50. The zero-order chi connectivity index (χ0) is 16.8. The summed E-state index contributed by atoms with van der Waals surface area (Å²) in [4.78, 5) is 22.2. The number of rotatable bonds is 5. The van der Waals surface area contributed by atoms with Crippen molar-refractivity contribution < 1.29 is 13.9 Å². The Morgan fingerprint density at radius 1 is 1.29 bits per heavy atom. The van der Waals surface area contributed by atoms with Crippen molar-refractivity contribution in [2.45, 2.75) is 12.5 Å². The Labute approximate surface area is 139 Å². The van der Waals surface area contributed by atoms with E-state index in [2.05, 4.69) is 15.3 Å². The molecule has 24 heavy (non-hydrogen) atoms. The van der Waals surface area contributed by atoms with Gasteiger partial charge in [0, 0.05) is 31.9 Å². The van der Waals surface area contributed by atoms with E-state index in [1.54, 1.807) is 35.5 Å². The number of carbonyl (C=O) groups is 1. The number of nitrogens with zero attached hydrogens (tertiary/aromatic N) is 3. The van der Waals surface area contributed by atoms with Crippen LogP contribution in [0.5, 0.6) is 0 Å². The summed E-state index contributed by atoms with van der Waals surface area (Å²) in [7, 11) is 0. The molecule has 0 spiro atoms. The van der Waals surface area contributed by atoms with Gasteiger partial charge in [-0.15, -0.1) is 0 Å². The van der Waals surface area contributed by atoms with Crippen molar-refractivity contribution in [1.82, 2.24) is 14.9 Å². The molecule has 126 valence electrons. The molecule has 1 saturated heterocycles. The number of benzene rings is 1. The molecule has 1 fully saturated rings. The first-order valence-electron chi connectivity index (χ1n) is 7.88. The van der Waals surface area contributed by atoms with Crippen LogP contribution in [-0.4, -0.2) is 47.0 Å². The van der Waals surface area contributed by atoms with Crippen LogP contribution in [-0.2, 0) is 9.53 Å². The number of aromatic nitrogens is 2. The molecule has 1 aliphatic rings. The molecule has 1 atom stereocenters. The van der Waals surface area contributed by atoms with Gasteiger partial charge in [-0.05, 0) is 23.8 Å². The summed E-state index contributed by atoms with van der Waals surface area (Å²) in [5.74, 6) is 0.280. The van der Waals surface area contributed by atoms with Crippen molar-refractivity contribution >= 4 is 11.9 Å². The predicted molar refractivity (Wildman–Crippen MR) is 86.8 cm³/mol. The molecular weight excluding hydrogens is 311 g/mol. The summed E-state index contributed by atoms with van der Waals surface area (Å²) >= 11 is 0. The lowest BCUT2D eigenvalue weighted by atomic mass is 10.1. The second-order valence-corrected chi connectivity index (χ2v) is 5.50. The number of halogens is 1. The minimum Gasteiger partial charge on any atom is -0.370 e. The van der Waals surface area contributed by atoms with E-state index in [1.165, 1.54) is 12.1 Å². The number of ether oxygens (including phenoxy) is 1. The molecular formula is C17H19FN4O2. The van der Waals surface area contributed by atoms with Gasteiger partial charge in [0.25, 0.3) is 0 Å². The molecule has 0 radical (unpaired) electrons. The standard InChI is InChI=1S/C17H19FN4O2/c18-14-4-2-13(3-5-14)15-12-22(10-11-24-15)16(23)6-9-21-17-19-7-1-8-20-17/h1-5,7-8,15H,6,9-12H2,(H,19,20,21)/t15-/m1/s1. The van der Waals surface area contributed by atoms with E-state index in [-0.39, 0.29) is 17.8 Å². The van der Waals surface area contributed by atoms with E-state index in [4.69, 9.17) is 4.74 Å². The minimum atomic E-state index is -0.281. The minimum absolute atomic E-state index is 0.0499. The normalized spacial score (nSPS) is 17.5. The van der Waals surface area contributed by atoms with Gasteiger partial charge in [-0.1, -0.05) is 12.1 Å². The number of hydrogen-bond acceptors (Lipinski definition) is 5. The maximum absolute atomic E-state index is 13.0. The van der Waals surface area contributed by atoms with E-state index >= 15 is 0 Å². The second kappa shape index (κ2) is 7.83. The molecule has 3 rings (SSSR count). The maximum Gasteiger partial charge on any atom is 0.224 e. The lowest BCUT2D eigenvalue weighted by Gasteiger charge is -2.33. The fourth-order valence-electron chi connectivity index (χ4n) is 2.58. The number of morpholine rings is 1. The van der Waals surface area contributed by atoms with Crippen LogP contribution < -0.4 is 5.32 Å². The Hall–Kier alpha value is -2.54. The molecule has 6 nitrogen and oxygen atoms in total. The first-order valence-corrected chi connectivity index (χ1v) is 7.88. The lowest BCUT2D eigenvalue weighted by molar-refractivity contribution is -0.138. The molecule has 0 bridgehead atoms. The van der Waals surface area contributed by atoms with Crippen LogP contribution in [0.1, 0.15) is 18.1 Å². The zero-order valence-corrected chi connectivity index (χ0v) is 13.2. The molecule has 2 aromatic rings. The molecule has 1 aromatic heterocycles. The number of carbonyl (C=O) groups excluding carboxylic acids is 1. The third-order valence-corrected chi connectivity index (χ3v) is 3.85. The predicted octanol–water partition coefficient (Wildman–Crippen LogP) is 2.02. The van der Waals surface area contributed by atoms with Crippen LogP contribution in [0.3, 0.4) is 0 Å². The van der Waals surface area contributed by atoms with Crippen LogP contribution in [0.4, 0.5) is 10.3 Å². The Bertz CT molecular complexity index is 666. The number of hydrogen-bond donors (Lipinski definition) is 1. The Balaban J connectivity index is 1.50. The zero-order valence-electron chi connectivity index (χ0n) is 13.2. The first kappa shape index (κ1) is 16.3. The van der Waals surface area contributed by atoms with E-state index < -0.39 is 0 Å². The third-order valence-electron chi connectivity index (χ3n) is 3.85. The average molecular weight is 330 g/mol. The van der Waals surface area contributed by atoms with Crippen molar-refractivity contribution in [3.8, 4) is 0 Å². The van der Waals surface area contributed by atoms with E-state index in [1.807, 2.05) is 0 Å². The molecule has 0 unspecified atom stereocenters. The fraction of sp³-hybridized carbons (Fsp3) is 0.353. The molecule has 2 heterocycles. The molecule has 1 aliphatic heterocycles. The fourth-order valence-corrected chi connectivity index (χ4v) is 2.58. The lowest BCUT2D eigenvalue weighted by Crippen LogP contribution is -2.42. The summed E-state index contributed by atoms with van der Waals surface area (Å²) in [6, 6.07) is 7.94. The topological polar surface area (TPSA) is 67.4 Å². The SMILES string of the molecule is O=C(CCNc1ncccn1)N1CCO[C@@H](c2ccc(F)cc2)C1. The highest BCUT2D eigenvalue weighted by atomic mass is 19.1. The largest absolute Gasteiger partial charge is 0.370 e. The summed E-state index contributed by atoms with van der Waals surface area (Å²) in [5, 5.41) is 3.02. The Morgan fingerprint density at radius 2 is 2.04 bits per heavy atom. The van der Waals surface area contributed by atoms with Gasteiger partial charge in [-0.2, -0.15) is 0 Å². The maximum atomic E-state index is 13.0. The van der Waals surface area contributed by atoms with E-state index in [0.717, 1.165) is 5.56 Å². The molecule has 1 aromatic carbocycles. The van der Waals surface area contributed by atoms with Gasteiger partial charge in [0.1, 0.15) is 11.9 Å². The summed E-state index contributed by atoms with van der Waals surface area (Å²) in [6.07, 6.45) is 3.43. The molecule has 1 N–H and O–H groups in total. The number of nitrogens with one attached hydrogen (secondary N) is 1. The van der Waals surface area contributed by atoms with E-state index in [0.29, 0.717) is 38.6 Å². The van der Waals surface area contributed by atoms with Gasteiger partial charge in [0.05, 0.1) is 13.2 Å². The summed E-state index contributed by atoms with van der Waals surface area (Å²) in [5.41, 5.74) is 0.879. The van der Waals surface area contributed by atoms with Crippen LogP contribution in [0, 0.1) is 5.82 Å². The highest BCUT2D eigenvalue weighted by molar-refractivity contribution is 5.76. The Kier molecular flexibility index (Phi) is 5.32. The third kappa shape index (κ3) is 4.26. The van der Waals surface area contributed by atoms with Gasteiger partial charge in [0.2, 0.25) is 11.9 Å². The van der Waals surface area contributed by atoms with Crippen molar-refractivity contribution in [1.29, 1.82) is 0 Å². The van der Waals surface area contributed by atoms with Crippen LogP contribution in [0.2, 0.25) is 0 Å². The first-order chi connectivity index (χ1) is 11.7. The molecule has 1 amide bonds. The molecule has 0 aliphatic carbocycles. The number of anilines is 1. The van der Waals surface area contributed by atoms with Crippen molar-refractivity contribution in [3.05, 3.63) is 54.1 Å². The van der Waals surface area contributed by atoms with E-state index in [9.17, 15) is 9.18 Å². The molecule has 7 heteroatoms. The summed E-state index contributed by atoms with van der Waals surface area (Å²) in [6.45, 7) is 2.00.